The predicted molar refractivity (Wildman–Crippen MR) is 64.5 cm³/mol. The Morgan fingerprint density at radius 1 is 1.50 bits per heavy atom. The Kier molecular flexibility index (Phi) is 3.29. The smallest absolute Gasteiger partial charge is 0.146 e. The highest BCUT2D eigenvalue weighted by Gasteiger charge is 2.44. The summed E-state index contributed by atoms with van der Waals surface area (Å²) in [7, 11) is 0. The Morgan fingerprint density at radius 2 is 2.19 bits per heavy atom. The molecule has 88 valence electrons. The molecule has 0 radical (unpaired) electrons. The molecule has 2 atom stereocenters. The van der Waals surface area contributed by atoms with Crippen LogP contribution in [0, 0.1) is 11.6 Å². The van der Waals surface area contributed by atoms with Gasteiger partial charge in [0.15, 0.2) is 0 Å². The summed E-state index contributed by atoms with van der Waals surface area (Å²) in [6.45, 7) is 1.79. The predicted octanol–water partition coefficient (Wildman–Crippen LogP) is 3.44. The molecule has 1 aromatic rings. The molecule has 1 fully saturated rings. The van der Waals surface area contributed by atoms with Crippen LogP contribution in [0.4, 0.5) is 8.78 Å². The lowest BCUT2D eigenvalue weighted by molar-refractivity contribution is 0.0350. The maximum Gasteiger partial charge on any atom is 0.146 e. The zero-order chi connectivity index (χ0) is 11.9. The van der Waals surface area contributed by atoms with Gasteiger partial charge in [-0.05, 0) is 40.2 Å². The molecule has 0 saturated carbocycles. The van der Waals surface area contributed by atoms with E-state index in [2.05, 4.69) is 15.9 Å². The Morgan fingerprint density at radius 3 is 2.75 bits per heavy atom. The lowest BCUT2D eigenvalue weighted by Gasteiger charge is -2.28. The zero-order valence-corrected chi connectivity index (χ0v) is 11.0. The third-order valence-electron chi connectivity index (χ3n) is 3.00. The molecule has 5 heteroatoms. The van der Waals surface area contributed by atoms with Crippen molar-refractivity contribution in [1.82, 2.24) is 0 Å². The van der Waals surface area contributed by atoms with E-state index in [9.17, 15) is 13.9 Å². The van der Waals surface area contributed by atoms with Crippen molar-refractivity contribution in [3.8, 4) is 0 Å². The van der Waals surface area contributed by atoms with Gasteiger partial charge in [0.05, 0.1) is 10.0 Å². The van der Waals surface area contributed by atoms with E-state index in [1.165, 1.54) is 23.9 Å². The summed E-state index contributed by atoms with van der Waals surface area (Å²) in [5.41, 5.74) is -1.61. The molecular weight excluding hydrogens is 298 g/mol. The third-order valence-corrected chi connectivity index (χ3v) is 4.94. The van der Waals surface area contributed by atoms with Gasteiger partial charge in [-0.3, -0.25) is 0 Å². The Balaban J connectivity index is 2.59. The molecule has 0 spiro atoms. The summed E-state index contributed by atoms with van der Waals surface area (Å²) in [6, 6.07) is 2.49. The minimum absolute atomic E-state index is 0.182. The lowest BCUT2D eigenvalue weighted by atomic mass is 9.87. The summed E-state index contributed by atoms with van der Waals surface area (Å²) >= 11 is 4.54. The molecule has 1 aliphatic rings. The number of thioether (sulfide) groups is 1. The summed E-state index contributed by atoms with van der Waals surface area (Å²) in [5, 5.41) is 10.2. The van der Waals surface area contributed by atoms with Gasteiger partial charge < -0.3 is 5.11 Å². The normalized spacial score (nSPS) is 29.7. The van der Waals surface area contributed by atoms with Gasteiger partial charge in [-0.1, -0.05) is 6.92 Å². The van der Waals surface area contributed by atoms with Gasteiger partial charge in [0.2, 0.25) is 0 Å². The van der Waals surface area contributed by atoms with Gasteiger partial charge in [-0.15, -0.1) is 0 Å². The number of hydrogen-bond acceptors (Lipinski definition) is 2. The minimum atomic E-state index is -1.40. The van der Waals surface area contributed by atoms with Crippen molar-refractivity contribution in [2.75, 3.05) is 5.75 Å². The van der Waals surface area contributed by atoms with Crippen molar-refractivity contribution in [2.24, 2.45) is 0 Å². The van der Waals surface area contributed by atoms with Gasteiger partial charge >= 0.3 is 0 Å². The average molecular weight is 309 g/mol. The highest BCUT2D eigenvalue weighted by Crippen LogP contribution is 2.45. The first-order chi connectivity index (χ1) is 7.47. The van der Waals surface area contributed by atoms with Crippen LogP contribution in [0.1, 0.15) is 18.9 Å². The molecule has 0 aromatic heterocycles. The van der Waals surface area contributed by atoms with E-state index in [-0.39, 0.29) is 15.3 Å². The van der Waals surface area contributed by atoms with E-state index in [1.54, 1.807) is 6.92 Å². The summed E-state index contributed by atoms with van der Waals surface area (Å²) in [4.78, 5) is 0. The van der Waals surface area contributed by atoms with Gasteiger partial charge in [0, 0.05) is 5.25 Å². The van der Waals surface area contributed by atoms with Crippen molar-refractivity contribution in [3.05, 3.63) is 33.8 Å². The van der Waals surface area contributed by atoms with E-state index in [1.807, 2.05) is 0 Å². The second-order valence-corrected chi connectivity index (χ2v) is 6.21. The highest BCUT2D eigenvalue weighted by atomic mass is 79.9. The van der Waals surface area contributed by atoms with Crippen LogP contribution in [0.3, 0.4) is 0 Å². The van der Waals surface area contributed by atoms with Crippen LogP contribution in [0.25, 0.3) is 0 Å². The number of hydrogen-bond donors (Lipinski definition) is 1. The minimum Gasteiger partial charge on any atom is -0.384 e. The Labute approximate surface area is 105 Å². The quantitative estimate of drug-likeness (QED) is 0.802. The fourth-order valence-electron chi connectivity index (χ4n) is 1.98. The van der Waals surface area contributed by atoms with Gasteiger partial charge in [-0.25, -0.2) is 8.78 Å². The van der Waals surface area contributed by atoms with Crippen LogP contribution in [0.15, 0.2) is 16.6 Å². The molecule has 2 rings (SSSR count). The molecule has 0 bridgehead atoms. The molecule has 1 heterocycles. The molecular formula is C11H11BrF2OS. The maximum atomic E-state index is 13.9. The summed E-state index contributed by atoms with van der Waals surface area (Å²) in [6.07, 6.45) is 0.378. The van der Waals surface area contributed by atoms with E-state index < -0.39 is 17.2 Å². The molecule has 16 heavy (non-hydrogen) atoms. The molecule has 1 aromatic carbocycles. The van der Waals surface area contributed by atoms with Gasteiger partial charge in [0.25, 0.3) is 0 Å². The SMILES string of the molecule is CC1SCCC1(O)c1c(F)ccc(Br)c1F. The molecule has 2 unspecified atom stereocenters. The highest BCUT2D eigenvalue weighted by molar-refractivity contribution is 9.10. The first-order valence-electron chi connectivity index (χ1n) is 4.95. The van der Waals surface area contributed by atoms with Gasteiger partial charge in [0.1, 0.15) is 17.2 Å². The van der Waals surface area contributed by atoms with Crippen LogP contribution < -0.4 is 0 Å². The van der Waals surface area contributed by atoms with E-state index in [0.29, 0.717) is 12.2 Å². The van der Waals surface area contributed by atoms with Crippen LogP contribution in [-0.2, 0) is 5.60 Å². The molecule has 1 saturated heterocycles. The zero-order valence-electron chi connectivity index (χ0n) is 8.64. The second kappa shape index (κ2) is 4.27. The monoisotopic (exact) mass is 308 g/mol. The van der Waals surface area contributed by atoms with Crippen LogP contribution in [0.2, 0.25) is 0 Å². The fourth-order valence-corrected chi connectivity index (χ4v) is 3.61. The van der Waals surface area contributed by atoms with Gasteiger partial charge in [-0.2, -0.15) is 11.8 Å². The first kappa shape index (κ1) is 12.3. The Hall–Kier alpha value is -0.130. The number of halogens is 3. The van der Waals surface area contributed by atoms with Crippen molar-refractivity contribution < 1.29 is 13.9 Å². The number of aliphatic hydroxyl groups is 1. The van der Waals surface area contributed by atoms with Crippen molar-refractivity contribution in [1.29, 1.82) is 0 Å². The van der Waals surface area contributed by atoms with Crippen molar-refractivity contribution in [2.45, 2.75) is 24.2 Å². The molecule has 0 aliphatic carbocycles. The van der Waals surface area contributed by atoms with E-state index >= 15 is 0 Å². The number of rotatable bonds is 1. The van der Waals surface area contributed by atoms with E-state index in [4.69, 9.17) is 0 Å². The average Bonchev–Trinajstić information content (AvgIpc) is 2.55. The third kappa shape index (κ3) is 1.79. The largest absolute Gasteiger partial charge is 0.384 e. The maximum absolute atomic E-state index is 13.9. The second-order valence-electron chi connectivity index (χ2n) is 3.91. The van der Waals surface area contributed by atoms with Crippen LogP contribution >= 0.6 is 27.7 Å². The first-order valence-corrected chi connectivity index (χ1v) is 6.79. The molecule has 1 nitrogen and oxygen atoms in total. The molecule has 1 N–H and O–H groups in total. The molecule has 0 amide bonds. The fraction of sp³-hybridized carbons (Fsp3) is 0.455. The topological polar surface area (TPSA) is 20.2 Å². The van der Waals surface area contributed by atoms with Crippen molar-refractivity contribution in [3.63, 3.8) is 0 Å². The van der Waals surface area contributed by atoms with E-state index in [0.717, 1.165) is 0 Å². The standard InChI is InChI=1S/C11H11BrF2OS/c1-6-11(15,4-5-16-6)9-8(13)3-2-7(12)10(9)14/h2-3,6,15H,4-5H2,1H3. The number of benzene rings is 1. The summed E-state index contributed by atoms with van der Waals surface area (Å²) in [5.74, 6) is -0.669. The Bertz CT molecular complexity index is 427. The van der Waals surface area contributed by atoms with Crippen LogP contribution in [0.5, 0.6) is 0 Å². The summed E-state index contributed by atoms with van der Waals surface area (Å²) < 4.78 is 27.7. The molecule has 1 aliphatic heterocycles. The van der Waals surface area contributed by atoms with Crippen molar-refractivity contribution >= 4 is 27.7 Å². The van der Waals surface area contributed by atoms with Crippen LogP contribution in [-0.4, -0.2) is 16.1 Å². The lowest BCUT2D eigenvalue weighted by Crippen LogP contribution is -2.33.